The number of nitrogens with zero attached hydrogens (tertiary/aromatic N) is 2. The molecule has 1 fully saturated rings. The van der Waals surface area contributed by atoms with Crippen LogP contribution in [0.3, 0.4) is 0 Å². The monoisotopic (exact) mass is 234 g/mol. The molecule has 1 saturated heterocycles. The number of hydrogen-bond donors (Lipinski definition) is 1. The van der Waals surface area contributed by atoms with E-state index in [0.717, 1.165) is 31.5 Å². The van der Waals surface area contributed by atoms with Gasteiger partial charge in [-0.3, -0.25) is 9.78 Å². The van der Waals surface area contributed by atoms with Crippen LogP contribution < -0.4 is 4.90 Å². The quantitative estimate of drug-likeness (QED) is 0.868. The Morgan fingerprint density at radius 3 is 3.12 bits per heavy atom. The predicted molar refractivity (Wildman–Crippen MR) is 66.2 cm³/mol. The van der Waals surface area contributed by atoms with Gasteiger partial charge in [0.1, 0.15) is 0 Å². The fraction of sp³-hybridized carbons (Fsp3) is 0.538. The summed E-state index contributed by atoms with van der Waals surface area (Å²) in [5.41, 5.74) is 2.25. The minimum absolute atomic E-state index is 0.242. The van der Waals surface area contributed by atoms with Gasteiger partial charge in [-0.1, -0.05) is 6.92 Å². The van der Waals surface area contributed by atoms with E-state index in [2.05, 4.69) is 22.9 Å². The van der Waals surface area contributed by atoms with Gasteiger partial charge in [0, 0.05) is 19.3 Å². The molecule has 92 valence electrons. The predicted octanol–water partition coefficient (Wildman–Crippen LogP) is 1.95. The second-order valence-electron chi connectivity index (χ2n) is 4.53. The summed E-state index contributed by atoms with van der Waals surface area (Å²) in [5, 5.41) is 9.06. The number of hydrogen-bond acceptors (Lipinski definition) is 3. The average Bonchev–Trinajstić information content (AvgIpc) is 2.39. The largest absolute Gasteiger partial charge is 0.481 e. The lowest BCUT2D eigenvalue weighted by Gasteiger charge is -2.32. The number of anilines is 1. The van der Waals surface area contributed by atoms with E-state index in [4.69, 9.17) is 5.11 Å². The van der Waals surface area contributed by atoms with Crippen molar-refractivity contribution in [3.8, 4) is 0 Å². The molecule has 1 aliphatic rings. The van der Waals surface area contributed by atoms with Crippen LogP contribution in [-0.4, -0.2) is 29.1 Å². The van der Waals surface area contributed by atoms with Crippen LogP contribution in [0.1, 0.15) is 25.3 Å². The molecule has 1 aromatic heterocycles. The van der Waals surface area contributed by atoms with E-state index in [1.54, 1.807) is 0 Å². The zero-order chi connectivity index (χ0) is 12.3. The Morgan fingerprint density at radius 2 is 2.41 bits per heavy atom. The van der Waals surface area contributed by atoms with Gasteiger partial charge in [-0.25, -0.2) is 0 Å². The highest BCUT2D eigenvalue weighted by atomic mass is 16.4. The van der Waals surface area contributed by atoms with Gasteiger partial charge in [-0.05, 0) is 30.9 Å². The summed E-state index contributed by atoms with van der Waals surface area (Å²) >= 11 is 0. The van der Waals surface area contributed by atoms with E-state index in [0.29, 0.717) is 6.54 Å². The topological polar surface area (TPSA) is 53.4 Å². The molecule has 0 radical (unpaired) electrons. The third-order valence-corrected chi connectivity index (χ3v) is 3.32. The SMILES string of the molecule is CCc1cncc(N2CCC[C@H](C(=O)O)C2)c1. The van der Waals surface area contributed by atoms with E-state index in [1.165, 1.54) is 5.56 Å². The molecule has 0 aromatic carbocycles. The lowest BCUT2D eigenvalue weighted by Crippen LogP contribution is -2.38. The van der Waals surface area contributed by atoms with Gasteiger partial charge in [0.25, 0.3) is 0 Å². The third kappa shape index (κ3) is 2.75. The molecule has 0 amide bonds. The first kappa shape index (κ1) is 11.9. The van der Waals surface area contributed by atoms with E-state index in [9.17, 15) is 4.79 Å². The second-order valence-corrected chi connectivity index (χ2v) is 4.53. The number of aromatic nitrogens is 1. The third-order valence-electron chi connectivity index (χ3n) is 3.32. The minimum atomic E-state index is -0.686. The van der Waals surface area contributed by atoms with Gasteiger partial charge in [0.2, 0.25) is 0 Å². The number of carboxylic acids is 1. The first-order valence-corrected chi connectivity index (χ1v) is 6.12. The highest BCUT2D eigenvalue weighted by Gasteiger charge is 2.25. The van der Waals surface area contributed by atoms with Crippen LogP contribution in [0.2, 0.25) is 0 Å². The first-order chi connectivity index (χ1) is 8.20. The van der Waals surface area contributed by atoms with Crippen molar-refractivity contribution in [2.75, 3.05) is 18.0 Å². The Balaban J connectivity index is 2.13. The maximum atomic E-state index is 11.0. The van der Waals surface area contributed by atoms with Crippen molar-refractivity contribution in [3.05, 3.63) is 24.0 Å². The fourth-order valence-electron chi connectivity index (χ4n) is 2.25. The summed E-state index contributed by atoms with van der Waals surface area (Å²) in [6.07, 6.45) is 6.36. The molecule has 0 aliphatic carbocycles. The van der Waals surface area contributed by atoms with Crippen LogP contribution in [0.4, 0.5) is 5.69 Å². The van der Waals surface area contributed by atoms with Gasteiger partial charge in [-0.15, -0.1) is 0 Å². The number of aryl methyl sites for hydroxylation is 1. The average molecular weight is 234 g/mol. The molecule has 0 bridgehead atoms. The second kappa shape index (κ2) is 5.17. The number of rotatable bonds is 3. The first-order valence-electron chi connectivity index (χ1n) is 6.12. The van der Waals surface area contributed by atoms with Crippen LogP contribution in [0.5, 0.6) is 0 Å². The van der Waals surface area contributed by atoms with Crippen LogP contribution in [0, 0.1) is 5.92 Å². The van der Waals surface area contributed by atoms with Crippen LogP contribution in [0.15, 0.2) is 18.5 Å². The van der Waals surface area contributed by atoms with Gasteiger partial charge in [0.05, 0.1) is 17.8 Å². The molecule has 1 N–H and O–H groups in total. The molecule has 4 nitrogen and oxygen atoms in total. The molecule has 0 saturated carbocycles. The van der Waals surface area contributed by atoms with Crippen molar-refractivity contribution in [1.29, 1.82) is 0 Å². The molecule has 1 atom stereocenters. The van der Waals surface area contributed by atoms with Crippen molar-refractivity contribution in [1.82, 2.24) is 4.98 Å². The summed E-state index contributed by atoms with van der Waals surface area (Å²) in [5.74, 6) is -0.927. The molecule has 1 aliphatic heterocycles. The van der Waals surface area contributed by atoms with Crippen LogP contribution in [0.25, 0.3) is 0 Å². The molecular formula is C13H18N2O2. The van der Waals surface area contributed by atoms with Crippen molar-refractivity contribution < 1.29 is 9.90 Å². The Morgan fingerprint density at radius 1 is 1.59 bits per heavy atom. The number of carboxylic acid groups (broad SMARTS) is 1. The number of pyridine rings is 1. The highest BCUT2D eigenvalue weighted by molar-refractivity contribution is 5.71. The van der Waals surface area contributed by atoms with Gasteiger partial charge < -0.3 is 10.0 Å². The standard InChI is InChI=1S/C13H18N2O2/c1-2-10-6-12(8-14-7-10)15-5-3-4-11(9-15)13(16)17/h6-8,11H,2-5,9H2,1H3,(H,16,17)/t11-/m0/s1. The molecule has 17 heavy (non-hydrogen) atoms. The lowest BCUT2D eigenvalue weighted by atomic mass is 9.98. The number of carbonyl (C=O) groups is 1. The van der Waals surface area contributed by atoms with Crippen molar-refractivity contribution in [2.45, 2.75) is 26.2 Å². The Bertz CT molecular complexity index is 406. The summed E-state index contributed by atoms with van der Waals surface area (Å²) < 4.78 is 0. The maximum Gasteiger partial charge on any atom is 0.308 e. The van der Waals surface area contributed by atoms with E-state index >= 15 is 0 Å². The number of piperidine rings is 1. The fourth-order valence-corrected chi connectivity index (χ4v) is 2.25. The summed E-state index contributed by atoms with van der Waals surface area (Å²) in [6, 6.07) is 2.11. The summed E-state index contributed by atoms with van der Waals surface area (Å²) in [4.78, 5) is 17.4. The smallest absolute Gasteiger partial charge is 0.308 e. The lowest BCUT2D eigenvalue weighted by molar-refractivity contribution is -0.141. The molecule has 2 heterocycles. The van der Waals surface area contributed by atoms with Crippen molar-refractivity contribution >= 4 is 11.7 Å². The van der Waals surface area contributed by atoms with Crippen LogP contribution >= 0.6 is 0 Å². The normalized spacial score (nSPS) is 20.3. The van der Waals surface area contributed by atoms with Crippen molar-refractivity contribution in [3.63, 3.8) is 0 Å². The Hall–Kier alpha value is -1.58. The van der Waals surface area contributed by atoms with E-state index in [-0.39, 0.29) is 5.92 Å². The molecule has 4 heteroatoms. The number of aliphatic carboxylic acids is 1. The molecule has 0 unspecified atom stereocenters. The van der Waals surface area contributed by atoms with E-state index < -0.39 is 5.97 Å². The Kier molecular flexibility index (Phi) is 3.61. The zero-order valence-electron chi connectivity index (χ0n) is 10.1. The van der Waals surface area contributed by atoms with Gasteiger partial charge in [-0.2, -0.15) is 0 Å². The summed E-state index contributed by atoms with van der Waals surface area (Å²) in [7, 11) is 0. The highest BCUT2D eigenvalue weighted by Crippen LogP contribution is 2.23. The molecular weight excluding hydrogens is 216 g/mol. The van der Waals surface area contributed by atoms with E-state index in [1.807, 2.05) is 12.4 Å². The van der Waals surface area contributed by atoms with Gasteiger partial charge in [0.15, 0.2) is 0 Å². The molecule has 1 aromatic rings. The van der Waals surface area contributed by atoms with Gasteiger partial charge >= 0.3 is 5.97 Å². The van der Waals surface area contributed by atoms with Crippen LogP contribution in [-0.2, 0) is 11.2 Å². The molecule has 2 rings (SSSR count). The zero-order valence-corrected chi connectivity index (χ0v) is 10.1. The summed E-state index contributed by atoms with van der Waals surface area (Å²) in [6.45, 7) is 3.62. The maximum absolute atomic E-state index is 11.0. The van der Waals surface area contributed by atoms with Crippen molar-refractivity contribution in [2.24, 2.45) is 5.92 Å². The Labute approximate surface area is 101 Å². The molecule has 0 spiro atoms. The minimum Gasteiger partial charge on any atom is -0.481 e.